The Kier molecular flexibility index (Phi) is 4.35. The third kappa shape index (κ3) is 3.13. The minimum atomic E-state index is -1.00. The number of aryl methyl sites for hydroxylation is 1. The van der Waals surface area contributed by atoms with Crippen LogP contribution in [0.3, 0.4) is 0 Å². The zero-order valence-corrected chi connectivity index (χ0v) is 12.1. The fourth-order valence-electron chi connectivity index (χ4n) is 1.88. The first-order valence-electron chi connectivity index (χ1n) is 6.25. The highest BCUT2D eigenvalue weighted by Gasteiger charge is 2.35. The van der Waals surface area contributed by atoms with E-state index < -0.39 is 17.4 Å². The van der Waals surface area contributed by atoms with Gasteiger partial charge in [-0.2, -0.15) is 0 Å². The normalized spacial score (nSPS) is 12.9. The van der Waals surface area contributed by atoms with Gasteiger partial charge in [-0.05, 0) is 33.3 Å². The van der Waals surface area contributed by atoms with Crippen LogP contribution in [0.1, 0.15) is 31.9 Å². The summed E-state index contributed by atoms with van der Waals surface area (Å²) in [5.74, 6) is -1.21. The van der Waals surface area contributed by atoms with Crippen molar-refractivity contribution < 1.29 is 14.7 Å². The van der Waals surface area contributed by atoms with Crippen LogP contribution in [0.2, 0.25) is 0 Å². The number of nitrogens with zero attached hydrogens (tertiary/aromatic N) is 1. The molecule has 0 bridgehead atoms. The summed E-state index contributed by atoms with van der Waals surface area (Å²) in [6.45, 7) is 7.11. The van der Waals surface area contributed by atoms with Crippen molar-refractivity contribution in [3.05, 3.63) is 35.4 Å². The van der Waals surface area contributed by atoms with Crippen LogP contribution in [0.25, 0.3) is 0 Å². The first kappa shape index (κ1) is 15.2. The van der Waals surface area contributed by atoms with Gasteiger partial charge < -0.3 is 10.0 Å². The van der Waals surface area contributed by atoms with Crippen LogP contribution in [0.4, 0.5) is 0 Å². The number of carbonyl (C=O) groups excluding carboxylic acids is 1. The monoisotopic (exact) mass is 263 g/mol. The summed E-state index contributed by atoms with van der Waals surface area (Å²) in [7, 11) is 1.52. The molecular formula is C15H21NO3. The van der Waals surface area contributed by atoms with Crippen molar-refractivity contribution in [2.75, 3.05) is 7.05 Å². The van der Waals surface area contributed by atoms with E-state index >= 15 is 0 Å². The third-order valence-corrected chi connectivity index (χ3v) is 3.57. The summed E-state index contributed by atoms with van der Waals surface area (Å²) in [5.41, 5.74) is 1.26. The number of carboxylic acid groups (broad SMARTS) is 1. The summed E-state index contributed by atoms with van der Waals surface area (Å²) in [6.07, 6.45) is 0. The molecule has 1 N–H and O–H groups in total. The summed E-state index contributed by atoms with van der Waals surface area (Å²) < 4.78 is 0. The summed E-state index contributed by atoms with van der Waals surface area (Å²) in [6, 6.07) is 6.88. The molecule has 0 aromatic heterocycles. The first-order valence-corrected chi connectivity index (χ1v) is 6.25. The van der Waals surface area contributed by atoms with Gasteiger partial charge in [-0.15, -0.1) is 0 Å². The quantitative estimate of drug-likeness (QED) is 0.906. The van der Waals surface area contributed by atoms with Crippen LogP contribution >= 0.6 is 0 Å². The molecule has 0 aliphatic carbocycles. The van der Waals surface area contributed by atoms with Crippen LogP contribution in [0.5, 0.6) is 0 Å². The average Bonchev–Trinajstić information content (AvgIpc) is 2.36. The second-order valence-electron chi connectivity index (χ2n) is 5.42. The van der Waals surface area contributed by atoms with Crippen LogP contribution < -0.4 is 0 Å². The SMILES string of the molecule is Cc1ccc(C(C)(C)C(=O)N(C)C(C)C(=O)O)cc1. The summed E-state index contributed by atoms with van der Waals surface area (Å²) in [4.78, 5) is 24.7. The van der Waals surface area contributed by atoms with Crippen molar-refractivity contribution >= 4 is 11.9 Å². The number of carbonyl (C=O) groups is 2. The largest absolute Gasteiger partial charge is 0.480 e. The van der Waals surface area contributed by atoms with E-state index in [1.165, 1.54) is 18.9 Å². The second-order valence-corrected chi connectivity index (χ2v) is 5.42. The maximum atomic E-state index is 12.5. The van der Waals surface area contributed by atoms with Gasteiger partial charge in [0.2, 0.25) is 5.91 Å². The van der Waals surface area contributed by atoms with E-state index in [0.29, 0.717) is 0 Å². The zero-order chi connectivity index (χ0) is 14.8. The van der Waals surface area contributed by atoms with Crippen molar-refractivity contribution in [2.45, 2.75) is 39.2 Å². The first-order chi connectivity index (χ1) is 8.67. The molecule has 104 valence electrons. The highest BCUT2D eigenvalue weighted by Crippen LogP contribution is 2.26. The van der Waals surface area contributed by atoms with Crippen LogP contribution in [0.15, 0.2) is 24.3 Å². The maximum absolute atomic E-state index is 12.5. The molecule has 0 radical (unpaired) electrons. The van der Waals surface area contributed by atoms with Gasteiger partial charge in [0.05, 0.1) is 5.41 Å². The molecule has 0 aliphatic rings. The maximum Gasteiger partial charge on any atom is 0.326 e. The Morgan fingerprint density at radius 1 is 1.21 bits per heavy atom. The van der Waals surface area contributed by atoms with Gasteiger partial charge in [-0.1, -0.05) is 29.8 Å². The molecule has 1 unspecified atom stereocenters. The van der Waals surface area contributed by atoms with E-state index in [2.05, 4.69) is 0 Å². The van der Waals surface area contributed by atoms with E-state index in [9.17, 15) is 9.59 Å². The minimum absolute atomic E-state index is 0.203. The van der Waals surface area contributed by atoms with Gasteiger partial charge in [0.25, 0.3) is 0 Å². The number of rotatable bonds is 4. The molecule has 1 rings (SSSR count). The lowest BCUT2D eigenvalue weighted by Crippen LogP contribution is -2.48. The molecule has 4 nitrogen and oxygen atoms in total. The van der Waals surface area contributed by atoms with Crippen molar-refractivity contribution in [2.24, 2.45) is 0 Å². The number of likely N-dealkylation sites (N-methyl/N-ethyl adjacent to an activating group) is 1. The van der Waals surface area contributed by atoms with Crippen LogP contribution in [0, 0.1) is 6.92 Å². The highest BCUT2D eigenvalue weighted by molar-refractivity contribution is 5.90. The van der Waals surface area contributed by atoms with E-state index in [0.717, 1.165) is 11.1 Å². The number of hydrogen-bond acceptors (Lipinski definition) is 2. The Hall–Kier alpha value is -1.84. The van der Waals surface area contributed by atoms with E-state index in [1.54, 1.807) is 0 Å². The molecule has 1 aromatic carbocycles. The Bertz CT molecular complexity index is 477. The van der Waals surface area contributed by atoms with E-state index in [4.69, 9.17) is 5.11 Å². The molecule has 0 heterocycles. The Balaban J connectivity index is 3.02. The molecule has 0 saturated carbocycles. The Morgan fingerprint density at radius 2 is 1.68 bits per heavy atom. The zero-order valence-electron chi connectivity index (χ0n) is 12.1. The molecule has 1 atom stereocenters. The fraction of sp³-hybridized carbons (Fsp3) is 0.467. The summed E-state index contributed by atoms with van der Waals surface area (Å²) in [5, 5.41) is 8.98. The molecule has 0 saturated heterocycles. The van der Waals surface area contributed by atoms with E-state index in [-0.39, 0.29) is 5.91 Å². The molecule has 1 aromatic rings. The van der Waals surface area contributed by atoms with Crippen molar-refractivity contribution in [1.82, 2.24) is 4.90 Å². The number of carboxylic acids is 1. The smallest absolute Gasteiger partial charge is 0.326 e. The lowest BCUT2D eigenvalue weighted by Gasteiger charge is -2.32. The standard InChI is InChI=1S/C15H21NO3/c1-10-6-8-12(9-7-10)15(3,4)14(19)16(5)11(2)13(17)18/h6-9,11H,1-5H3,(H,17,18). The van der Waals surface area contributed by atoms with E-state index in [1.807, 2.05) is 45.0 Å². The third-order valence-electron chi connectivity index (χ3n) is 3.57. The Labute approximate surface area is 114 Å². The summed E-state index contributed by atoms with van der Waals surface area (Å²) >= 11 is 0. The van der Waals surface area contributed by atoms with Gasteiger partial charge in [0.15, 0.2) is 0 Å². The lowest BCUT2D eigenvalue weighted by molar-refractivity contribution is -0.150. The molecule has 19 heavy (non-hydrogen) atoms. The average molecular weight is 263 g/mol. The second kappa shape index (κ2) is 5.43. The Morgan fingerprint density at radius 3 is 2.11 bits per heavy atom. The van der Waals surface area contributed by atoms with Crippen molar-refractivity contribution in [3.8, 4) is 0 Å². The molecule has 4 heteroatoms. The van der Waals surface area contributed by atoms with Crippen LogP contribution in [-0.2, 0) is 15.0 Å². The molecule has 0 aliphatic heterocycles. The topological polar surface area (TPSA) is 57.6 Å². The molecular weight excluding hydrogens is 242 g/mol. The van der Waals surface area contributed by atoms with Gasteiger partial charge in [0, 0.05) is 7.05 Å². The number of amides is 1. The van der Waals surface area contributed by atoms with Crippen molar-refractivity contribution in [1.29, 1.82) is 0 Å². The molecule has 1 amide bonds. The number of hydrogen-bond donors (Lipinski definition) is 1. The van der Waals surface area contributed by atoms with Crippen molar-refractivity contribution in [3.63, 3.8) is 0 Å². The lowest BCUT2D eigenvalue weighted by atomic mass is 9.82. The number of benzene rings is 1. The fourth-order valence-corrected chi connectivity index (χ4v) is 1.88. The van der Waals surface area contributed by atoms with Gasteiger partial charge in [-0.3, -0.25) is 4.79 Å². The minimum Gasteiger partial charge on any atom is -0.480 e. The van der Waals surface area contributed by atoms with Crippen LogP contribution in [-0.4, -0.2) is 35.0 Å². The molecule has 0 fully saturated rings. The predicted molar refractivity (Wildman–Crippen MR) is 74.1 cm³/mol. The van der Waals surface area contributed by atoms with Gasteiger partial charge in [0.1, 0.15) is 6.04 Å². The molecule has 0 spiro atoms. The predicted octanol–water partition coefficient (Wildman–Crippen LogP) is 2.20. The van der Waals surface area contributed by atoms with Gasteiger partial charge >= 0.3 is 5.97 Å². The van der Waals surface area contributed by atoms with Gasteiger partial charge in [-0.25, -0.2) is 4.79 Å². The highest BCUT2D eigenvalue weighted by atomic mass is 16.4. The number of aliphatic carboxylic acids is 1.